The van der Waals surface area contributed by atoms with E-state index in [0.717, 1.165) is 30.0 Å². The molecule has 4 atom stereocenters. The van der Waals surface area contributed by atoms with E-state index in [-0.39, 0.29) is 48.7 Å². The van der Waals surface area contributed by atoms with Crippen molar-refractivity contribution in [3.8, 4) is 5.75 Å². The van der Waals surface area contributed by atoms with Crippen molar-refractivity contribution in [1.29, 1.82) is 0 Å². The van der Waals surface area contributed by atoms with E-state index >= 15 is 0 Å². The normalized spacial score (nSPS) is 19.4. The van der Waals surface area contributed by atoms with Crippen LogP contribution in [0.3, 0.4) is 0 Å². The molecular formula is C40H48N4O6. The Labute approximate surface area is 294 Å². The van der Waals surface area contributed by atoms with Gasteiger partial charge in [0.25, 0.3) is 11.8 Å². The van der Waals surface area contributed by atoms with Crippen molar-refractivity contribution in [2.24, 2.45) is 5.92 Å². The molecule has 0 saturated heterocycles. The Kier molecular flexibility index (Phi) is 12.5. The molecule has 0 unspecified atom stereocenters. The van der Waals surface area contributed by atoms with Gasteiger partial charge < -0.3 is 35.0 Å². The van der Waals surface area contributed by atoms with Gasteiger partial charge >= 0.3 is 6.03 Å². The number of hydrogen-bond acceptors (Lipinski definition) is 6. The summed E-state index contributed by atoms with van der Waals surface area (Å²) in [4.78, 5) is 44.2. The minimum Gasteiger partial charge on any atom is -0.490 e. The number of carbonyl (C=O) groups excluding carboxylic acids is 3. The zero-order valence-electron chi connectivity index (χ0n) is 29.3. The van der Waals surface area contributed by atoms with Crippen LogP contribution < -0.4 is 15.4 Å². The highest BCUT2D eigenvalue weighted by molar-refractivity contribution is 6.07. The molecule has 3 N–H and O–H groups in total. The summed E-state index contributed by atoms with van der Waals surface area (Å²) in [5.74, 6) is -0.244. The standard InChI is InChI=1S/C40H48N4O6/c1-27-24-44(28(2)26-45)39(47)34-23-32(41-40(48)42-35-19-12-17-30-14-8-9-18-33(30)35)20-21-36(34)50-29(3)13-10-11-22-49-37(27)25-43(4)38(46)31-15-6-5-7-16-31/h5-9,12,14-21,23,27-29,37,45H,10-11,13,22,24-26H2,1-4H3,(H2,41,42,48)/t27-,28+,29+,37+/m1/s1. The number of aliphatic hydroxyl groups is 1. The molecule has 0 bridgehead atoms. The molecule has 0 radical (unpaired) electrons. The number of fused-ring (bicyclic) bond motifs is 2. The minimum absolute atomic E-state index is 0.109. The number of nitrogens with zero attached hydrogens (tertiary/aromatic N) is 2. The Bertz CT molecular complexity index is 1760. The number of rotatable bonds is 7. The van der Waals surface area contributed by atoms with Crippen LogP contribution in [0.15, 0.2) is 91.0 Å². The Hall–Kier alpha value is -4.93. The molecule has 50 heavy (non-hydrogen) atoms. The molecule has 0 fully saturated rings. The van der Waals surface area contributed by atoms with E-state index in [4.69, 9.17) is 9.47 Å². The van der Waals surface area contributed by atoms with Crippen molar-refractivity contribution in [2.45, 2.75) is 58.3 Å². The van der Waals surface area contributed by atoms with Crippen molar-refractivity contribution < 1.29 is 29.0 Å². The summed E-state index contributed by atoms with van der Waals surface area (Å²) in [5, 5.41) is 18.0. The zero-order chi connectivity index (χ0) is 35.6. The lowest BCUT2D eigenvalue weighted by atomic mass is 10.0. The number of aliphatic hydroxyl groups excluding tert-OH is 1. The van der Waals surface area contributed by atoms with Crippen LogP contribution >= 0.6 is 0 Å². The molecule has 0 aromatic heterocycles. The zero-order valence-corrected chi connectivity index (χ0v) is 29.3. The van der Waals surface area contributed by atoms with Crippen LogP contribution in [0.25, 0.3) is 10.8 Å². The molecule has 4 aromatic carbocycles. The average Bonchev–Trinajstić information content (AvgIpc) is 3.12. The van der Waals surface area contributed by atoms with Gasteiger partial charge in [0.1, 0.15) is 5.75 Å². The van der Waals surface area contributed by atoms with Crippen LogP contribution in [0.2, 0.25) is 0 Å². The monoisotopic (exact) mass is 680 g/mol. The fourth-order valence-corrected chi connectivity index (χ4v) is 6.24. The lowest BCUT2D eigenvalue weighted by Crippen LogP contribution is -2.48. The number of ether oxygens (including phenoxy) is 2. The molecule has 10 heteroatoms. The van der Waals surface area contributed by atoms with Crippen molar-refractivity contribution in [3.63, 3.8) is 0 Å². The third-order valence-electron chi connectivity index (χ3n) is 9.17. The van der Waals surface area contributed by atoms with E-state index in [2.05, 4.69) is 10.6 Å². The minimum atomic E-state index is -0.529. The molecule has 1 aliphatic heterocycles. The van der Waals surface area contributed by atoms with Gasteiger partial charge in [0.05, 0.1) is 36.1 Å². The Morgan fingerprint density at radius 2 is 1.70 bits per heavy atom. The molecule has 264 valence electrons. The predicted octanol–water partition coefficient (Wildman–Crippen LogP) is 7.05. The van der Waals surface area contributed by atoms with E-state index < -0.39 is 12.1 Å². The van der Waals surface area contributed by atoms with E-state index in [1.807, 2.05) is 74.5 Å². The highest BCUT2D eigenvalue weighted by atomic mass is 16.5. The van der Waals surface area contributed by atoms with Crippen molar-refractivity contribution >= 4 is 40.0 Å². The number of nitrogens with one attached hydrogen (secondary N) is 2. The summed E-state index contributed by atoms with van der Waals surface area (Å²) in [6.45, 7) is 6.59. The van der Waals surface area contributed by atoms with Crippen molar-refractivity contribution in [1.82, 2.24) is 9.80 Å². The average molecular weight is 681 g/mol. The molecule has 10 nitrogen and oxygen atoms in total. The number of amides is 4. The molecule has 0 spiro atoms. The summed E-state index contributed by atoms with van der Waals surface area (Å²) >= 11 is 0. The molecule has 1 heterocycles. The number of carbonyl (C=O) groups is 3. The molecule has 4 amide bonds. The number of benzene rings is 4. The van der Waals surface area contributed by atoms with Gasteiger partial charge in [-0.25, -0.2) is 4.79 Å². The third-order valence-corrected chi connectivity index (χ3v) is 9.17. The fraction of sp³-hybridized carbons (Fsp3) is 0.375. The van der Waals surface area contributed by atoms with Crippen LogP contribution in [0.5, 0.6) is 5.75 Å². The highest BCUT2D eigenvalue weighted by Gasteiger charge is 2.31. The smallest absolute Gasteiger partial charge is 0.323 e. The Morgan fingerprint density at radius 1 is 0.960 bits per heavy atom. The maximum Gasteiger partial charge on any atom is 0.323 e. The second-order valence-electron chi connectivity index (χ2n) is 13.2. The van der Waals surface area contributed by atoms with Gasteiger partial charge in [-0.15, -0.1) is 0 Å². The lowest BCUT2D eigenvalue weighted by Gasteiger charge is -2.36. The van der Waals surface area contributed by atoms with Crippen LogP contribution in [0.4, 0.5) is 16.2 Å². The second kappa shape index (κ2) is 17.1. The largest absolute Gasteiger partial charge is 0.490 e. The first-order valence-corrected chi connectivity index (χ1v) is 17.3. The predicted molar refractivity (Wildman–Crippen MR) is 197 cm³/mol. The van der Waals surface area contributed by atoms with Gasteiger partial charge in [0.2, 0.25) is 0 Å². The number of likely N-dealkylation sites (N-methyl/N-ethyl adjacent to an activating group) is 1. The maximum atomic E-state index is 14.5. The number of urea groups is 1. The molecule has 0 saturated carbocycles. The van der Waals surface area contributed by atoms with Gasteiger partial charge in [0, 0.05) is 49.3 Å². The van der Waals surface area contributed by atoms with Crippen LogP contribution in [0.1, 0.15) is 60.7 Å². The van der Waals surface area contributed by atoms with Crippen molar-refractivity contribution in [2.75, 3.05) is 44.0 Å². The first-order chi connectivity index (χ1) is 24.1. The first-order valence-electron chi connectivity index (χ1n) is 17.3. The number of hydrogen-bond donors (Lipinski definition) is 3. The summed E-state index contributed by atoms with van der Waals surface area (Å²) in [7, 11) is 1.76. The maximum absolute atomic E-state index is 14.5. The van der Waals surface area contributed by atoms with Crippen LogP contribution in [0, 0.1) is 5.92 Å². The summed E-state index contributed by atoms with van der Waals surface area (Å²) in [6.07, 6.45) is 1.85. The number of anilines is 2. The van der Waals surface area contributed by atoms with Gasteiger partial charge in [-0.2, -0.15) is 0 Å². The first kappa shape index (κ1) is 36.4. The molecule has 0 aliphatic carbocycles. The van der Waals surface area contributed by atoms with E-state index in [1.54, 1.807) is 54.1 Å². The van der Waals surface area contributed by atoms with E-state index in [1.165, 1.54) is 0 Å². The molecule has 5 rings (SSSR count). The SMILES string of the molecule is C[C@@H]1CN([C@@H](C)CO)C(=O)c2cc(NC(=O)Nc3cccc4ccccc34)ccc2O[C@@H](C)CCCCO[C@H]1CN(C)C(=O)c1ccccc1. The summed E-state index contributed by atoms with van der Waals surface area (Å²) < 4.78 is 12.7. The lowest BCUT2D eigenvalue weighted by molar-refractivity contribution is -0.0149. The Morgan fingerprint density at radius 3 is 2.48 bits per heavy atom. The quantitative estimate of drug-likeness (QED) is 0.192. The Balaban J connectivity index is 1.40. The van der Waals surface area contributed by atoms with Gasteiger partial charge in [-0.05, 0) is 74.9 Å². The van der Waals surface area contributed by atoms with Crippen molar-refractivity contribution in [3.05, 3.63) is 102 Å². The fourth-order valence-electron chi connectivity index (χ4n) is 6.24. The van der Waals surface area contributed by atoms with Gasteiger partial charge in [-0.1, -0.05) is 61.5 Å². The van der Waals surface area contributed by atoms with Crippen LogP contribution in [-0.4, -0.2) is 84.4 Å². The molecular weight excluding hydrogens is 632 g/mol. The van der Waals surface area contributed by atoms with E-state index in [9.17, 15) is 19.5 Å². The van der Waals surface area contributed by atoms with Crippen LogP contribution in [-0.2, 0) is 4.74 Å². The third kappa shape index (κ3) is 9.19. The molecule has 4 aromatic rings. The van der Waals surface area contributed by atoms with Gasteiger partial charge in [0.15, 0.2) is 0 Å². The van der Waals surface area contributed by atoms with E-state index in [0.29, 0.717) is 35.8 Å². The summed E-state index contributed by atoms with van der Waals surface area (Å²) in [5.41, 5.74) is 1.95. The second-order valence-corrected chi connectivity index (χ2v) is 13.2. The molecule has 1 aliphatic rings. The highest BCUT2D eigenvalue weighted by Crippen LogP contribution is 2.29. The topological polar surface area (TPSA) is 120 Å². The van der Waals surface area contributed by atoms with Gasteiger partial charge in [-0.3, -0.25) is 9.59 Å². The summed E-state index contributed by atoms with van der Waals surface area (Å²) in [6, 6.07) is 26.7.